The number of aryl methyl sites for hydroxylation is 2. The molecule has 0 saturated carbocycles. The topological polar surface area (TPSA) is 93.5 Å². The molecule has 0 aliphatic heterocycles. The van der Waals surface area contributed by atoms with Crippen LogP contribution in [-0.2, 0) is 35.0 Å². The quantitative estimate of drug-likeness (QED) is 0.516. The molecule has 180 valence electrons. The maximum absolute atomic E-state index is 12.5. The number of benzene rings is 2. The highest BCUT2D eigenvalue weighted by Crippen LogP contribution is 2.26. The van der Waals surface area contributed by atoms with E-state index in [9.17, 15) is 9.59 Å². The van der Waals surface area contributed by atoms with Crippen LogP contribution in [-0.4, -0.2) is 32.9 Å². The molecule has 3 rings (SSSR count). The summed E-state index contributed by atoms with van der Waals surface area (Å²) in [4.78, 5) is 23.5. The van der Waals surface area contributed by atoms with E-state index < -0.39 is 12.1 Å². The molecule has 2 N–H and O–H groups in total. The molecule has 34 heavy (non-hydrogen) atoms. The van der Waals surface area contributed by atoms with Gasteiger partial charge in [0.05, 0.1) is 17.8 Å². The Bertz CT molecular complexity index is 1170. The third kappa shape index (κ3) is 6.25. The number of nitrogens with zero attached hydrogens (tertiary/aromatic N) is 2. The van der Waals surface area contributed by atoms with Crippen LogP contribution in [0.25, 0.3) is 11.3 Å². The molecule has 2 aromatic carbocycles. The summed E-state index contributed by atoms with van der Waals surface area (Å²) in [5.41, 5.74) is 5.81. The van der Waals surface area contributed by atoms with Gasteiger partial charge in [-0.2, -0.15) is 5.10 Å². The van der Waals surface area contributed by atoms with E-state index in [2.05, 4.69) is 55.5 Å². The van der Waals surface area contributed by atoms with Crippen molar-refractivity contribution in [3.8, 4) is 17.0 Å². The number of carboxylic acids is 1. The van der Waals surface area contributed by atoms with E-state index in [4.69, 9.17) is 9.84 Å². The number of nitrogens with one attached hydrogen (secondary N) is 1. The van der Waals surface area contributed by atoms with Crippen LogP contribution in [0.5, 0.6) is 5.75 Å². The van der Waals surface area contributed by atoms with Crippen LogP contribution in [0.1, 0.15) is 50.1 Å². The van der Waals surface area contributed by atoms with E-state index in [1.165, 1.54) is 12.5 Å². The van der Waals surface area contributed by atoms with E-state index in [1.807, 2.05) is 32.2 Å². The highest BCUT2D eigenvalue weighted by Gasteiger charge is 2.16. The highest BCUT2D eigenvalue weighted by atomic mass is 16.5. The summed E-state index contributed by atoms with van der Waals surface area (Å²) in [5, 5.41) is 16.4. The third-order valence-corrected chi connectivity index (χ3v) is 5.70. The van der Waals surface area contributed by atoms with Crippen molar-refractivity contribution in [2.24, 2.45) is 7.05 Å². The fourth-order valence-electron chi connectivity index (χ4n) is 3.65. The number of aliphatic carboxylic acids is 1. The van der Waals surface area contributed by atoms with Crippen LogP contribution in [0.4, 0.5) is 0 Å². The Hall–Kier alpha value is -3.61. The van der Waals surface area contributed by atoms with Gasteiger partial charge in [0.25, 0.3) is 0 Å². The van der Waals surface area contributed by atoms with Gasteiger partial charge in [-0.15, -0.1) is 0 Å². The monoisotopic (exact) mass is 463 g/mol. The van der Waals surface area contributed by atoms with E-state index >= 15 is 0 Å². The Morgan fingerprint density at radius 1 is 1.12 bits per heavy atom. The maximum atomic E-state index is 12.5. The lowest BCUT2D eigenvalue weighted by Crippen LogP contribution is -2.25. The molecule has 7 nitrogen and oxygen atoms in total. The smallest absolute Gasteiger partial charge is 0.344 e. The van der Waals surface area contributed by atoms with E-state index in [0.717, 1.165) is 22.4 Å². The van der Waals surface area contributed by atoms with Gasteiger partial charge in [0.15, 0.2) is 6.10 Å². The lowest BCUT2D eigenvalue weighted by atomic mass is 9.86. The normalized spacial score (nSPS) is 12.3. The van der Waals surface area contributed by atoms with Crippen molar-refractivity contribution in [1.82, 2.24) is 15.1 Å². The SMILES string of the molecule is Cc1cc(CNC(=O)Cc2cc(-c3ccc(C(C)(C)C)cc3)n(C)n2)ccc1OC(C)C(=O)O. The zero-order chi connectivity index (χ0) is 25.0. The molecule has 0 saturated heterocycles. The fourth-order valence-corrected chi connectivity index (χ4v) is 3.65. The Morgan fingerprint density at radius 2 is 1.79 bits per heavy atom. The van der Waals surface area contributed by atoms with Crippen molar-refractivity contribution in [3.63, 3.8) is 0 Å². The molecular formula is C27H33N3O4. The molecule has 3 aromatic rings. The third-order valence-electron chi connectivity index (χ3n) is 5.70. The van der Waals surface area contributed by atoms with Gasteiger partial charge in [-0.25, -0.2) is 4.79 Å². The second-order valence-electron chi connectivity index (χ2n) is 9.62. The van der Waals surface area contributed by atoms with Crippen molar-refractivity contribution in [2.75, 3.05) is 0 Å². The standard InChI is InChI=1S/C27H33N3O4/c1-17-13-19(7-12-24(17)34-18(2)26(32)33)16-28-25(31)15-22-14-23(30(6)29-22)20-8-10-21(11-9-20)27(3,4)5/h7-14,18H,15-16H2,1-6H3,(H,28,31)(H,32,33). The zero-order valence-corrected chi connectivity index (χ0v) is 20.7. The van der Waals surface area contributed by atoms with Crippen molar-refractivity contribution < 1.29 is 19.4 Å². The molecule has 1 atom stereocenters. The average Bonchev–Trinajstić information content (AvgIpc) is 3.13. The number of hydrogen-bond acceptors (Lipinski definition) is 4. The summed E-state index contributed by atoms with van der Waals surface area (Å²) < 4.78 is 7.24. The molecular weight excluding hydrogens is 430 g/mol. The number of amides is 1. The van der Waals surface area contributed by atoms with Crippen molar-refractivity contribution in [3.05, 3.63) is 70.9 Å². The Morgan fingerprint density at radius 3 is 2.38 bits per heavy atom. The van der Waals surface area contributed by atoms with Crippen LogP contribution in [0.15, 0.2) is 48.5 Å². The summed E-state index contributed by atoms with van der Waals surface area (Å²) in [6, 6.07) is 15.8. The van der Waals surface area contributed by atoms with Gasteiger partial charge in [-0.3, -0.25) is 9.48 Å². The molecule has 0 spiro atoms. The lowest BCUT2D eigenvalue weighted by Gasteiger charge is -2.19. The fraction of sp³-hybridized carbons (Fsp3) is 0.370. The second-order valence-corrected chi connectivity index (χ2v) is 9.62. The van der Waals surface area contributed by atoms with Gasteiger partial charge in [0.1, 0.15) is 5.75 Å². The number of carbonyl (C=O) groups excluding carboxylic acids is 1. The predicted octanol–water partition coefficient (Wildman–Crippen LogP) is 4.40. The molecule has 0 bridgehead atoms. The Kier molecular flexibility index (Phi) is 7.44. The summed E-state index contributed by atoms with van der Waals surface area (Å²) in [6.07, 6.45) is -0.742. The minimum Gasteiger partial charge on any atom is -0.479 e. The summed E-state index contributed by atoms with van der Waals surface area (Å²) in [5.74, 6) is -0.623. The predicted molar refractivity (Wildman–Crippen MR) is 132 cm³/mol. The summed E-state index contributed by atoms with van der Waals surface area (Å²) in [6.45, 7) is 10.3. The lowest BCUT2D eigenvalue weighted by molar-refractivity contribution is -0.144. The number of carboxylic acid groups (broad SMARTS) is 1. The van der Waals surface area contributed by atoms with Crippen molar-refractivity contribution in [1.29, 1.82) is 0 Å². The minimum absolute atomic E-state index is 0.0943. The number of rotatable bonds is 8. The first-order valence-electron chi connectivity index (χ1n) is 11.3. The van der Waals surface area contributed by atoms with Crippen LogP contribution in [0, 0.1) is 6.92 Å². The summed E-state index contributed by atoms with van der Waals surface area (Å²) >= 11 is 0. The van der Waals surface area contributed by atoms with E-state index in [1.54, 1.807) is 10.7 Å². The molecule has 1 unspecified atom stereocenters. The highest BCUT2D eigenvalue weighted by molar-refractivity contribution is 5.78. The van der Waals surface area contributed by atoms with Crippen molar-refractivity contribution >= 4 is 11.9 Å². The van der Waals surface area contributed by atoms with Gasteiger partial charge in [0, 0.05) is 13.6 Å². The minimum atomic E-state index is -1.02. The Balaban J connectivity index is 1.60. The number of aromatic nitrogens is 2. The summed E-state index contributed by atoms with van der Waals surface area (Å²) in [7, 11) is 1.88. The molecule has 7 heteroatoms. The molecule has 0 fully saturated rings. The maximum Gasteiger partial charge on any atom is 0.344 e. The molecule has 1 amide bonds. The van der Waals surface area contributed by atoms with Crippen molar-refractivity contribution in [2.45, 2.75) is 59.1 Å². The number of hydrogen-bond donors (Lipinski definition) is 2. The van der Waals surface area contributed by atoms with E-state index in [0.29, 0.717) is 18.0 Å². The first kappa shape index (κ1) is 25.0. The first-order valence-corrected chi connectivity index (χ1v) is 11.3. The van der Waals surface area contributed by atoms with Crippen LogP contribution < -0.4 is 10.1 Å². The van der Waals surface area contributed by atoms with Crippen LogP contribution in [0.2, 0.25) is 0 Å². The molecule has 0 aliphatic carbocycles. The number of ether oxygens (including phenoxy) is 1. The van der Waals surface area contributed by atoms with Gasteiger partial charge in [-0.05, 0) is 53.6 Å². The second kappa shape index (κ2) is 10.1. The van der Waals surface area contributed by atoms with Gasteiger partial charge in [-0.1, -0.05) is 57.2 Å². The number of carbonyl (C=O) groups is 2. The van der Waals surface area contributed by atoms with Gasteiger partial charge < -0.3 is 15.2 Å². The molecule has 0 radical (unpaired) electrons. The van der Waals surface area contributed by atoms with Gasteiger partial charge in [0.2, 0.25) is 5.91 Å². The molecule has 1 aromatic heterocycles. The van der Waals surface area contributed by atoms with Gasteiger partial charge >= 0.3 is 5.97 Å². The largest absolute Gasteiger partial charge is 0.479 e. The zero-order valence-electron chi connectivity index (χ0n) is 20.7. The first-order chi connectivity index (χ1) is 15.9. The molecule has 1 heterocycles. The molecule has 0 aliphatic rings. The van der Waals surface area contributed by atoms with Crippen LogP contribution >= 0.6 is 0 Å². The van der Waals surface area contributed by atoms with Crippen LogP contribution in [0.3, 0.4) is 0 Å². The Labute approximate surface area is 200 Å². The van der Waals surface area contributed by atoms with E-state index in [-0.39, 0.29) is 17.7 Å². The average molecular weight is 464 g/mol.